The third-order valence-electron chi connectivity index (χ3n) is 2.39. The van der Waals surface area contributed by atoms with Gasteiger partial charge >= 0.3 is 0 Å². The Morgan fingerprint density at radius 3 is 2.29 bits per heavy atom. The molecule has 0 radical (unpaired) electrons. The minimum absolute atomic E-state index is 0. The Balaban J connectivity index is 0. The Hall–Kier alpha value is -0.207. The first-order valence-electron chi connectivity index (χ1n) is 5.98. The summed E-state index contributed by atoms with van der Waals surface area (Å²) in [4.78, 5) is 13.1. The molecule has 1 aliphatic rings. The number of allylic oxidation sites excluding steroid dienone is 2. The number of nitrogens with zero attached hydrogens (tertiary/aromatic N) is 2. The molecule has 4 heteroatoms. The van der Waals surface area contributed by atoms with Crippen molar-refractivity contribution < 1.29 is 24.3 Å². The van der Waals surface area contributed by atoms with Crippen LogP contribution in [0.15, 0.2) is 11.8 Å². The van der Waals surface area contributed by atoms with Crippen LogP contribution in [0.5, 0.6) is 0 Å². The molecule has 1 aliphatic heterocycles. The van der Waals surface area contributed by atoms with E-state index < -0.39 is 0 Å². The van der Waals surface area contributed by atoms with E-state index in [1.165, 1.54) is 25.9 Å². The van der Waals surface area contributed by atoms with E-state index in [1.807, 2.05) is 6.92 Å². The van der Waals surface area contributed by atoms with Crippen molar-refractivity contribution in [1.29, 1.82) is 0 Å². The van der Waals surface area contributed by atoms with Crippen molar-refractivity contribution in [3.8, 4) is 0 Å². The average Bonchev–Trinajstić information content (AvgIpc) is 2.72. The second-order valence-electron chi connectivity index (χ2n) is 3.83. The SMILES string of the molecule is CC(=O)C=C(C)[N-]CCN1CCCC1.[CH2-]C.[Zn]. The van der Waals surface area contributed by atoms with Crippen LogP contribution in [0, 0.1) is 6.92 Å². The molecule has 0 spiro atoms. The molecule has 0 aromatic heterocycles. The summed E-state index contributed by atoms with van der Waals surface area (Å²) in [5.41, 5.74) is 0.844. The maximum absolute atomic E-state index is 10.7. The first kappa shape index (κ1) is 19.1. The van der Waals surface area contributed by atoms with Crippen molar-refractivity contribution in [2.45, 2.75) is 33.6 Å². The fraction of sp³-hybridized carbons (Fsp3) is 0.692. The molecule has 0 aromatic rings. The number of hydrogen-bond acceptors (Lipinski definition) is 2. The van der Waals surface area contributed by atoms with E-state index in [0.29, 0.717) is 0 Å². The second kappa shape index (κ2) is 12.3. The van der Waals surface area contributed by atoms with Gasteiger partial charge in [-0.3, -0.25) is 4.79 Å². The second-order valence-corrected chi connectivity index (χ2v) is 3.83. The van der Waals surface area contributed by atoms with Crippen LogP contribution < -0.4 is 0 Å². The number of carbonyl (C=O) groups excluding carboxylic acids is 1. The molecule has 0 aromatic carbocycles. The van der Waals surface area contributed by atoms with Gasteiger partial charge in [0.15, 0.2) is 5.78 Å². The van der Waals surface area contributed by atoms with Crippen LogP contribution >= 0.6 is 0 Å². The van der Waals surface area contributed by atoms with Crippen molar-refractivity contribution in [2.24, 2.45) is 0 Å². The van der Waals surface area contributed by atoms with Crippen LogP contribution in [0.4, 0.5) is 0 Å². The fourth-order valence-electron chi connectivity index (χ4n) is 1.71. The monoisotopic (exact) mass is 288 g/mol. The van der Waals surface area contributed by atoms with Crippen LogP contribution in [0.2, 0.25) is 0 Å². The van der Waals surface area contributed by atoms with Crippen LogP contribution in [-0.2, 0) is 24.3 Å². The van der Waals surface area contributed by atoms with Crippen molar-refractivity contribution in [3.05, 3.63) is 24.0 Å². The Morgan fingerprint density at radius 1 is 1.29 bits per heavy atom. The van der Waals surface area contributed by atoms with E-state index in [9.17, 15) is 4.79 Å². The molecule has 0 saturated carbocycles. The first-order valence-corrected chi connectivity index (χ1v) is 5.98. The number of hydrogen-bond donors (Lipinski definition) is 0. The summed E-state index contributed by atoms with van der Waals surface area (Å²) in [5, 5.41) is 4.33. The van der Waals surface area contributed by atoms with Crippen LogP contribution in [-0.4, -0.2) is 36.9 Å². The summed E-state index contributed by atoms with van der Waals surface area (Å²) in [7, 11) is 0. The van der Waals surface area contributed by atoms with Gasteiger partial charge in [-0.05, 0) is 45.5 Å². The molecule has 0 amide bonds. The zero-order chi connectivity index (χ0) is 12.4. The van der Waals surface area contributed by atoms with Gasteiger partial charge in [-0.15, -0.1) is 6.54 Å². The van der Waals surface area contributed by atoms with E-state index in [-0.39, 0.29) is 25.3 Å². The summed E-state index contributed by atoms with van der Waals surface area (Å²) in [6.07, 6.45) is 4.23. The number of ketones is 1. The third kappa shape index (κ3) is 10.7. The van der Waals surface area contributed by atoms with Crippen molar-refractivity contribution >= 4 is 5.78 Å². The van der Waals surface area contributed by atoms with Gasteiger partial charge in [0, 0.05) is 19.5 Å². The van der Waals surface area contributed by atoms with Gasteiger partial charge < -0.3 is 17.1 Å². The zero-order valence-corrected chi connectivity index (χ0v) is 14.5. The molecule has 0 N–H and O–H groups in total. The Morgan fingerprint density at radius 2 is 1.82 bits per heavy atom. The number of rotatable bonds is 5. The molecule has 1 saturated heterocycles. The normalized spacial score (nSPS) is 15.6. The van der Waals surface area contributed by atoms with Crippen LogP contribution in [0.3, 0.4) is 0 Å². The molecule has 1 fully saturated rings. The molecule has 1 rings (SSSR count). The molecule has 1 heterocycles. The van der Waals surface area contributed by atoms with E-state index in [0.717, 1.165) is 18.8 Å². The number of likely N-dealkylation sites (tertiary alicyclic amines) is 1. The van der Waals surface area contributed by atoms with Gasteiger partial charge in [0.2, 0.25) is 0 Å². The van der Waals surface area contributed by atoms with Gasteiger partial charge in [0.1, 0.15) is 0 Å². The summed E-state index contributed by atoms with van der Waals surface area (Å²) < 4.78 is 0. The van der Waals surface area contributed by atoms with E-state index in [1.54, 1.807) is 19.9 Å². The average molecular weight is 290 g/mol. The smallest absolute Gasteiger partial charge is 0.151 e. The van der Waals surface area contributed by atoms with Gasteiger partial charge in [-0.2, -0.15) is 12.6 Å². The predicted molar refractivity (Wildman–Crippen MR) is 69.4 cm³/mol. The molecule has 17 heavy (non-hydrogen) atoms. The maximum Gasteiger partial charge on any atom is 0.151 e. The predicted octanol–water partition coefficient (Wildman–Crippen LogP) is 2.79. The minimum Gasteiger partial charge on any atom is -0.687 e. The Kier molecular flexibility index (Phi) is 13.8. The molecule has 3 nitrogen and oxygen atoms in total. The third-order valence-corrected chi connectivity index (χ3v) is 2.39. The van der Waals surface area contributed by atoms with Gasteiger partial charge in [-0.1, -0.05) is 6.92 Å². The topological polar surface area (TPSA) is 34.4 Å². The summed E-state index contributed by atoms with van der Waals surface area (Å²) in [5.74, 6) is 0.0763. The Labute approximate surface area is 119 Å². The van der Waals surface area contributed by atoms with Crippen LogP contribution in [0.25, 0.3) is 5.32 Å². The summed E-state index contributed by atoms with van der Waals surface area (Å²) in [6, 6.07) is 0. The maximum atomic E-state index is 10.7. The minimum atomic E-state index is 0. The van der Waals surface area contributed by atoms with Crippen molar-refractivity contribution in [2.75, 3.05) is 26.2 Å². The number of carbonyl (C=O) groups is 1. The Bertz CT molecular complexity index is 223. The zero-order valence-electron chi connectivity index (χ0n) is 11.5. The van der Waals surface area contributed by atoms with Gasteiger partial charge in [-0.25, -0.2) is 0 Å². The van der Waals surface area contributed by atoms with Crippen molar-refractivity contribution in [1.82, 2.24) is 4.90 Å². The quantitative estimate of drug-likeness (QED) is 0.443. The summed E-state index contributed by atoms with van der Waals surface area (Å²) in [6.45, 7) is 12.7. The molecular weight excluding hydrogens is 266 g/mol. The van der Waals surface area contributed by atoms with E-state index in [4.69, 9.17) is 0 Å². The standard InChI is InChI=1S/C11H20N2O.C2H5.Zn/c1-10(9-11(2)14)12-5-8-13-6-3-4-7-13;1-2;/h9H,3-8H2,1-2H3,(H,12,14);1H2,2H3;/q;-1;/p-1. The molecule has 0 atom stereocenters. The first-order chi connectivity index (χ1) is 7.68. The van der Waals surface area contributed by atoms with Crippen molar-refractivity contribution in [3.63, 3.8) is 0 Å². The molecule has 0 aliphatic carbocycles. The molecular formula is C13H24N2OZn-2. The van der Waals surface area contributed by atoms with Crippen LogP contribution in [0.1, 0.15) is 33.6 Å². The largest absolute Gasteiger partial charge is 0.687 e. The van der Waals surface area contributed by atoms with Gasteiger partial charge in [0.25, 0.3) is 0 Å². The molecule has 0 unspecified atom stereocenters. The van der Waals surface area contributed by atoms with E-state index >= 15 is 0 Å². The fourth-order valence-corrected chi connectivity index (χ4v) is 1.71. The molecule has 96 valence electrons. The van der Waals surface area contributed by atoms with Gasteiger partial charge in [0.05, 0.1) is 0 Å². The molecule has 0 bridgehead atoms. The summed E-state index contributed by atoms with van der Waals surface area (Å²) >= 11 is 0. The van der Waals surface area contributed by atoms with E-state index in [2.05, 4.69) is 17.1 Å².